The number of amidine groups is 1. The number of hydrogen-bond acceptors (Lipinski definition) is 4. The first-order valence-electron chi connectivity index (χ1n) is 6.17. The van der Waals surface area contributed by atoms with Gasteiger partial charge >= 0.3 is 0 Å². The molecule has 0 saturated heterocycles. The lowest BCUT2D eigenvalue weighted by atomic mass is 10.1. The molecule has 106 valence electrons. The van der Waals surface area contributed by atoms with Crippen LogP contribution in [0.15, 0.2) is 23.2 Å². The molecule has 1 aromatic rings. The van der Waals surface area contributed by atoms with Gasteiger partial charge in [0.2, 0.25) is 5.91 Å². The summed E-state index contributed by atoms with van der Waals surface area (Å²) in [6, 6.07) is 5.52. The van der Waals surface area contributed by atoms with Crippen molar-refractivity contribution < 1.29 is 4.79 Å². The van der Waals surface area contributed by atoms with Crippen LogP contribution in [0.5, 0.6) is 0 Å². The molecule has 0 aliphatic heterocycles. The molecule has 20 heavy (non-hydrogen) atoms. The predicted molar refractivity (Wildman–Crippen MR) is 84.0 cm³/mol. The van der Waals surface area contributed by atoms with E-state index in [1.807, 2.05) is 45.4 Å². The molecule has 5 nitrogen and oxygen atoms in total. The topological polar surface area (TPSA) is 77.3 Å². The van der Waals surface area contributed by atoms with Crippen LogP contribution in [-0.2, 0) is 4.79 Å². The van der Waals surface area contributed by atoms with Crippen LogP contribution in [0.25, 0.3) is 0 Å². The summed E-state index contributed by atoms with van der Waals surface area (Å²) in [5, 5.41) is 14.5. The number of thioether (sulfide) groups is 1. The van der Waals surface area contributed by atoms with E-state index in [1.165, 1.54) is 11.8 Å². The second-order valence-corrected chi connectivity index (χ2v) is 5.30. The molecular weight excluding hydrogens is 272 g/mol. The molecule has 0 atom stereocenters. The van der Waals surface area contributed by atoms with Crippen LogP contribution in [0, 0.1) is 24.3 Å². The van der Waals surface area contributed by atoms with Crippen LogP contribution < -0.4 is 10.6 Å². The quantitative estimate of drug-likeness (QED) is 0.388. The zero-order valence-electron chi connectivity index (χ0n) is 12.0. The third kappa shape index (κ3) is 4.59. The molecular formula is C14H18N4OS. The summed E-state index contributed by atoms with van der Waals surface area (Å²) in [5.74, 6) is -0.116. The van der Waals surface area contributed by atoms with Gasteiger partial charge in [-0.15, -0.1) is 0 Å². The summed E-state index contributed by atoms with van der Waals surface area (Å²) in [6.07, 6.45) is 3.69. The van der Waals surface area contributed by atoms with Crippen molar-refractivity contribution in [3.8, 4) is 6.19 Å². The number of anilines is 1. The Kier molecular flexibility index (Phi) is 6.07. The lowest BCUT2D eigenvalue weighted by molar-refractivity contribution is -0.118. The van der Waals surface area contributed by atoms with Crippen molar-refractivity contribution in [1.29, 1.82) is 5.26 Å². The predicted octanol–water partition coefficient (Wildman–Crippen LogP) is 3.01. The van der Waals surface area contributed by atoms with Gasteiger partial charge in [-0.3, -0.25) is 10.1 Å². The maximum Gasteiger partial charge on any atom is 0.226 e. The molecule has 1 rings (SSSR count). The van der Waals surface area contributed by atoms with E-state index >= 15 is 0 Å². The van der Waals surface area contributed by atoms with Crippen LogP contribution in [0.1, 0.15) is 19.4 Å². The fourth-order valence-electron chi connectivity index (χ4n) is 1.38. The van der Waals surface area contributed by atoms with E-state index < -0.39 is 0 Å². The van der Waals surface area contributed by atoms with Gasteiger partial charge in [-0.1, -0.05) is 31.7 Å². The van der Waals surface area contributed by atoms with Gasteiger partial charge in [0.15, 0.2) is 11.4 Å². The molecule has 0 saturated carbocycles. The van der Waals surface area contributed by atoms with E-state index in [1.54, 1.807) is 6.07 Å². The summed E-state index contributed by atoms with van der Waals surface area (Å²) in [5.41, 5.74) is 2.39. The van der Waals surface area contributed by atoms with Crippen LogP contribution in [0.3, 0.4) is 0 Å². The summed E-state index contributed by atoms with van der Waals surface area (Å²) >= 11 is 1.35. The van der Waals surface area contributed by atoms with Crippen LogP contribution in [0.2, 0.25) is 0 Å². The van der Waals surface area contributed by atoms with Gasteiger partial charge in [0.05, 0.1) is 5.69 Å². The fourth-order valence-corrected chi connectivity index (χ4v) is 1.71. The van der Waals surface area contributed by atoms with Gasteiger partial charge in [0.1, 0.15) is 0 Å². The lowest BCUT2D eigenvalue weighted by Crippen LogP contribution is -2.17. The first-order valence-corrected chi connectivity index (χ1v) is 7.39. The van der Waals surface area contributed by atoms with Gasteiger partial charge in [0, 0.05) is 11.6 Å². The van der Waals surface area contributed by atoms with Gasteiger partial charge in [0.25, 0.3) is 0 Å². The molecule has 0 spiro atoms. The standard InChI is InChI=1S/C14H18N4OS/c1-9(2)13(19)17-11-6-5-10(3)12(7-11)18-14(20-4)16-8-15/h5-7,9H,1-4H3,(H,16,18)(H,17,19). The first kappa shape index (κ1) is 16.1. The molecule has 0 aliphatic rings. The minimum Gasteiger partial charge on any atom is -0.326 e. The number of carbonyl (C=O) groups excluding carboxylic acids is 1. The number of benzene rings is 1. The van der Waals surface area contributed by atoms with Crippen molar-refractivity contribution in [2.75, 3.05) is 11.6 Å². The zero-order chi connectivity index (χ0) is 15.1. The maximum atomic E-state index is 11.7. The number of nitriles is 1. The summed E-state index contributed by atoms with van der Waals surface area (Å²) in [7, 11) is 0. The molecule has 2 N–H and O–H groups in total. The highest BCUT2D eigenvalue weighted by molar-refractivity contribution is 8.13. The highest BCUT2D eigenvalue weighted by Crippen LogP contribution is 2.24. The zero-order valence-corrected chi connectivity index (χ0v) is 12.8. The smallest absolute Gasteiger partial charge is 0.226 e. The normalized spacial score (nSPS) is 11.1. The van der Waals surface area contributed by atoms with E-state index in [0.717, 1.165) is 11.3 Å². The Balaban J connectivity index is 3.03. The molecule has 0 heterocycles. The Labute approximate surface area is 123 Å². The van der Waals surface area contributed by atoms with Crippen molar-refractivity contribution >= 4 is 34.2 Å². The van der Waals surface area contributed by atoms with E-state index in [9.17, 15) is 4.79 Å². The lowest BCUT2D eigenvalue weighted by Gasteiger charge is -2.10. The Morgan fingerprint density at radius 2 is 2.15 bits per heavy atom. The third-order valence-corrected chi connectivity index (χ3v) is 3.16. The molecule has 0 fully saturated rings. The van der Waals surface area contributed by atoms with Crippen molar-refractivity contribution in [2.45, 2.75) is 20.8 Å². The average Bonchev–Trinajstić information content (AvgIpc) is 2.41. The van der Waals surface area contributed by atoms with Gasteiger partial charge in [-0.25, -0.2) is 4.99 Å². The van der Waals surface area contributed by atoms with E-state index in [-0.39, 0.29) is 11.8 Å². The summed E-state index contributed by atoms with van der Waals surface area (Å²) in [4.78, 5) is 16.1. The third-order valence-electron chi connectivity index (χ3n) is 2.58. The Morgan fingerprint density at radius 1 is 1.45 bits per heavy atom. The van der Waals surface area contributed by atoms with E-state index in [2.05, 4.69) is 15.6 Å². The second kappa shape index (κ2) is 7.56. The molecule has 0 radical (unpaired) electrons. The number of nitrogens with zero attached hydrogens (tertiary/aromatic N) is 2. The van der Waals surface area contributed by atoms with Crippen LogP contribution in [-0.4, -0.2) is 17.3 Å². The molecule has 0 aliphatic carbocycles. The Morgan fingerprint density at radius 3 is 2.70 bits per heavy atom. The van der Waals surface area contributed by atoms with Crippen molar-refractivity contribution in [3.05, 3.63) is 23.8 Å². The highest BCUT2D eigenvalue weighted by atomic mass is 32.2. The number of rotatable bonds is 3. The SMILES string of the molecule is CSC(=Nc1cc(NC(=O)C(C)C)ccc1C)NC#N. The highest BCUT2D eigenvalue weighted by Gasteiger charge is 2.08. The Hall–Kier alpha value is -2.00. The first-order chi connectivity index (χ1) is 9.47. The van der Waals surface area contributed by atoms with Crippen molar-refractivity contribution in [2.24, 2.45) is 10.9 Å². The fraction of sp³-hybridized carbons (Fsp3) is 0.357. The molecule has 1 aromatic carbocycles. The van der Waals surface area contributed by atoms with Crippen molar-refractivity contribution in [1.82, 2.24) is 5.32 Å². The monoisotopic (exact) mass is 290 g/mol. The summed E-state index contributed by atoms with van der Waals surface area (Å²) < 4.78 is 0. The largest absolute Gasteiger partial charge is 0.326 e. The van der Waals surface area contributed by atoms with Gasteiger partial charge < -0.3 is 5.32 Å². The van der Waals surface area contributed by atoms with E-state index in [4.69, 9.17) is 5.26 Å². The molecule has 0 unspecified atom stereocenters. The Bertz CT molecular complexity index is 561. The minimum atomic E-state index is -0.0785. The minimum absolute atomic E-state index is 0.0379. The number of aryl methyl sites for hydroxylation is 1. The maximum absolute atomic E-state index is 11.7. The van der Waals surface area contributed by atoms with Crippen molar-refractivity contribution in [3.63, 3.8) is 0 Å². The molecule has 0 bridgehead atoms. The number of hydrogen-bond donors (Lipinski definition) is 2. The second-order valence-electron chi connectivity index (χ2n) is 4.50. The van der Waals surface area contributed by atoms with E-state index in [0.29, 0.717) is 10.9 Å². The van der Waals surface area contributed by atoms with Crippen LogP contribution >= 0.6 is 11.8 Å². The average molecular weight is 290 g/mol. The van der Waals surface area contributed by atoms with Crippen LogP contribution in [0.4, 0.5) is 11.4 Å². The van der Waals surface area contributed by atoms with Gasteiger partial charge in [-0.05, 0) is 30.9 Å². The number of nitrogens with one attached hydrogen (secondary N) is 2. The number of aliphatic imine (C=N–C) groups is 1. The van der Waals surface area contributed by atoms with Gasteiger partial charge in [-0.2, -0.15) is 5.26 Å². The molecule has 1 amide bonds. The summed E-state index contributed by atoms with van der Waals surface area (Å²) in [6.45, 7) is 5.60. The molecule has 6 heteroatoms. The number of amides is 1. The number of carbonyl (C=O) groups is 1. The molecule has 0 aromatic heterocycles.